The third kappa shape index (κ3) is 4.37. The lowest BCUT2D eigenvalue weighted by molar-refractivity contribution is -0.0295. The molecule has 0 bridgehead atoms. The van der Waals surface area contributed by atoms with Crippen molar-refractivity contribution < 1.29 is 24.4 Å². The predicted molar refractivity (Wildman–Crippen MR) is 137 cm³/mol. The summed E-state index contributed by atoms with van der Waals surface area (Å²) < 4.78 is 19.2. The Morgan fingerprint density at radius 3 is 2.42 bits per heavy atom. The van der Waals surface area contributed by atoms with Crippen LogP contribution < -0.4 is 14.8 Å². The fourth-order valence-electron chi connectivity index (χ4n) is 4.53. The summed E-state index contributed by atoms with van der Waals surface area (Å²) in [7, 11) is 0. The summed E-state index contributed by atoms with van der Waals surface area (Å²) in [6.07, 6.45) is -0.0220. The molecule has 9 heteroatoms. The van der Waals surface area contributed by atoms with Crippen molar-refractivity contribution in [1.82, 2.24) is 14.5 Å². The highest BCUT2D eigenvalue weighted by atomic mass is 16.6. The summed E-state index contributed by atoms with van der Waals surface area (Å²) in [6, 6.07) is 15.5. The van der Waals surface area contributed by atoms with Gasteiger partial charge in [-0.3, -0.25) is 0 Å². The van der Waals surface area contributed by atoms with Crippen molar-refractivity contribution in [2.75, 3.05) is 18.5 Å². The van der Waals surface area contributed by atoms with Gasteiger partial charge in [-0.1, -0.05) is 30.3 Å². The number of anilines is 2. The van der Waals surface area contributed by atoms with Gasteiger partial charge in [-0.05, 0) is 38.5 Å². The Morgan fingerprint density at radius 1 is 0.972 bits per heavy atom. The number of benzene rings is 2. The van der Waals surface area contributed by atoms with Crippen LogP contribution in [0.5, 0.6) is 11.5 Å². The van der Waals surface area contributed by atoms with Gasteiger partial charge in [0.05, 0.1) is 24.7 Å². The van der Waals surface area contributed by atoms with Gasteiger partial charge in [-0.2, -0.15) is 0 Å². The van der Waals surface area contributed by atoms with Crippen LogP contribution >= 0.6 is 0 Å². The van der Waals surface area contributed by atoms with Crippen LogP contribution in [0.15, 0.2) is 61.1 Å². The molecule has 2 aromatic carbocycles. The monoisotopic (exact) mass is 490 g/mol. The Morgan fingerprint density at radius 2 is 1.72 bits per heavy atom. The Balaban J connectivity index is 1.63. The number of aromatic nitrogens is 3. The van der Waals surface area contributed by atoms with E-state index in [1.165, 1.54) is 6.33 Å². The van der Waals surface area contributed by atoms with E-state index >= 15 is 0 Å². The molecule has 0 unspecified atom stereocenters. The fraction of sp³-hybridized carbons (Fsp3) is 0.333. The van der Waals surface area contributed by atoms with Gasteiger partial charge >= 0.3 is 0 Å². The quantitative estimate of drug-likeness (QED) is 0.336. The molecular weight excluding hydrogens is 460 g/mol. The minimum absolute atomic E-state index is 0.510. The summed E-state index contributed by atoms with van der Waals surface area (Å²) in [5.74, 6) is 1.90. The first-order valence-electron chi connectivity index (χ1n) is 12.1. The fourth-order valence-corrected chi connectivity index (χ4v) is 4.53. The van der Waals surface area contributed by atoms with Gasteiger partial charge in [0, 0.05) is 23.5 Å². The highest BCUT2D eigenvalue weighted by Crippen LogP contribution is 2.40. The van der Waals surface area contributed by atoms with E-state index < -0.39 is 24.5 Å². The summed E-state index contributed by atoms with van der Waals surface area (Å²) >= 11 is 0. The molecule has 5 rings (SSSR count). The molecule has 36 heavy (non-hydrogen) atoms. The minimum Gasteiger partial charge on any atom is -0.490 e. The first-order chi connectivity index (χ1) is 17.5. The zero-order valence-corrected chi connectivity index (χ0v) is 20.5. The van der Waals surface area contributed by atoms with Crippen LogP contribution in [0.4, 0.5) is 11.5 Å². The van der Waals surface area contributed by atoms with Crippen LogP contribution in [0.2, 0.25) is 0 Å². The van der Waals surface area contributed by atoms with Gasteiger partial charge in [0.25, 0.3) is 0 Å². The van der Waals surface area contributed by atoms with Crippen molar-refractivity contribution >= 4 is 22.5 Å². The molecule has 4 atom stereocenters. The molecule has 0 spiro atoms. The molecule has 0 amide bonds. The van der Waals surface area contributed by atoms with Crippen molar-refractivity contribution in [1.29, 1.82) is 0 Å². The Hall–Kier alpha value is -3.66. The average molecular weight is 491 g/mol. The van der Waals surface area contributed by atoms with E-state index in [-0.39, 0.29) is 0 Å². The van der Waals surface area contributed by atoms with Gasteiger partial charge in [-0.25, -0.2) is 9.97 Å². The number of aliphatic hydroxyl groups is 2. The van der Waals surface area contributed by atoms with Crippen molar-refractivity contribution in [2.45, 2.75) is 45.3 Å². The number of nitrogens with one attached hydrogen (secondary N) is 1. The van der Waals surface area contributed by atoms with Crippen LogP contribution in [-0.2, 0) is 4.74 Å². The lowest BCUT2D eigenvalue weighted by atomic mass is 10.1. The maximum atomic E-state index is 10.7. The zero-order valence-electron chi connectivity index (χ0n) is 20.5. The first-order valence-corrected chi connectivity index (χ1v) is 12.1. The number of hydrogen-bond acceptors (Lipinski definition) is 8. The van der Waals surface area contributed by atoms with Crippen LogP contribution in [-0.4, -0.2) is 56.3 Å². The van der Waals surface area contributed by atoms with E-state index in [2.05, 4.69) is 15.3 Å². The second-order valence-electron chi connectivity index (χ2n) is 8.60. The maximum Gasteiger partial charge on any atom is 0.164 e. The highest BCUT2D eigenvalue weighted by Gasteiger charge is 2.42. The van der Waals surface area contributed by atoms with Gasteiger partial charge in [0.2, 0.25) is 0 Å². The van der Waals surface area contributed by atoms with Gasteiger partial charge in [-0.15, -0.1) is 0 Å². The molecular formula is C27H30N4O5. The van der Waals surface area contributed by atoms with Crippen LogP contribution in [0.3, 0.4) is 0 Å². The SMILES string of the molecule is CCOc1ccc(Nc2ncnc3c2c(-c2ccccc2)cn3[C@@H]2O[C@H](C)[C@@H](O)[C@H]2O)cc1OCC. The molecule has 1 aliphatic heterocycles. The molecule has 188 valence electrons. The summed E-state index contributed by atoms with van der Waals surface area (Å²) in [4.78, 5) is 9.09. The van der Waals surface area contributed by atoms with E-state index in [1.54, 1.807) is 11.5 Å². The van der Waals surface area contributed by atoms with E-state index in [0.717, 1.165) is 22.2 Å². The molecule has 4 aromatic rings. The third-order valence-electron chi connectivity index (χ3n) is 6.25. The standard InChI is InChI=1S/C27H30N4O5/c1-4-34-20-12-11-18(13-21(20)35-5-2)30-25-22-19(17-9-7-6-8-10-17)14-31(26(22)29-15-28-25)27-24(33)23(32)16(3)36-27/h6-16,23-24,27,32-33H,4-5H2,1-3H3,(H,28,29,30)/t16-,23-,24-,27-/m1/s1. The van der Waals surface area contributed by atoms with Crippen molar-refractivity contribution in [3.05, 3.63) is 61.1 Å². The molecule has 0 saturated carbocycles. The molecule has 0 aliphatic carbocycles. The van der Waals surface area contributed by atoms with Gasteiger partial charge < -0.3 is 34.3 Å². The topological polar surface area (TPSA) is 111 Å². The maximum absolute atomic E-state index is 10.7. The number of hydrogen-bond donors (Lipinski definition) is 3. The lowest BCUT2D eigenvalue weighted by Crippen LogP contribution is -2.30. The smallest absolute Gasteiger partial charge is 0.164 e. The van der Waals surface area contributed by atoms with Crippen molar-refractivity contribution in [2.24, 2.45) is 0 Å². The molecule has 9 nitrogen and oxygen atoms in total. The third-order valence-corrected chi connectivity index (χ3v) is 6.25. The van der Waals surface area contributed by atoms with Crippen molar-refractivity contribution in [3.63, 3.8) is 0 Å². The molecule has 3 heterocycles. The van der Waals surface area contributed by atoms with Gasteiger partial charge in [0.15, 0.2) is 17.7 Å². The second kappa shape index (κ2) is 10.1. The number of nitrogens with zero attached hydrogens (tertiary/aromatic N) is 3. The largest absolute Gasteiger partial charge is 0.490 e. The van der Waals surface area contributed by atoms with E-state index in [4.69, 9.17) is 14.2 Å². The molecule has 3 N–H and O–H groups in total. The zero-order chi connectivity index (χ0) is 25.2. The van der Waals surface area contributed by atoms with Crippen LogP contribution in [0.25, 0.3) is 22.2 Å². The van der Waals surface area contributed by atoms with Crippen molar-refractivity contribution in [3.8, 4) is 22.6 Å². The second-order valence-corrected chi connectivity index (χ2v) is 8.60. The molecule has 0 radical (unpaired) electrons. The molecule has 2 aromatic heterocycles. The first kappa shape index (κ1) is 24.1. The number of aliphatic hydroxyl groups excluding tert-OH is 2. The molecule has 1 saturated heterocycles. The average Bonchev–Trinajstić information content (AvgIpc) is 3.40. The summed E-state index contributed by atoms with van der Waals surface area (Å²) in [5, 5.41) is 25.2. The molecule has 1 fully saturated rings. The summed E-state index contributed by atoms with van der Waals surface area (Å²) in [6.45, 7) is 6.64. The summed E-state index contributed by atoms with van der Waals surface area (Å²) in [5.41, 5.74) is 3.18. The Kier molecular flexibility index (Phi) is 6.77. The number of rotatable bonds is 8. The lowest BCUT2D eigenvalue weighted by Gasteiger charge is -2.17. The normalized spacial score (nSPS) is 21.6. The number of fused-ring (bicyclic) bond motifs is 1. The predicted octanol–water partition coefficient (Wildman–Crippen LogP) is 4.28. The minimum atomic E-state index is -1.09. The van der Waals surface area contributed by atoms with E-state index in [9.17, 15) is 10.2 Å². The van der Waals surface area contributed by atoms with Crippen LogP contribution in [0, 0.1) is 0 Å². The molecule has 1 aliphatic rings. The number of ether oxygens (including phenoxy) is 3. The van der Waals surface area contributed by atoms with Crippen LogP contribution in [0.1, 0.15) is 27.0 Å². The Labute approximate surface area is 209 Å². The highest BCUT2D eigenvalue weighted by molar-refractivity contribution is 6.02. The Bertz CT molecular complexity index is 1340. The van der Waals surface area contributed by atoms with E-state index in [1.807, 2.05) is 68.6 Å². The van der Waals surface area contributed by atoms with E-state index in [0.29, 0.717) is 36.2 Å². The van der Waals surface area contributed by atoms with Gasteiger partial charge in [0.1, 0.15) is 30.0 Å².